The lowest BCUT2D eigenvalue weighted by atomic mass is 10.0. The first-order chi connectivity index (χ1) is 7.33. The minimum Gasteiger partial charge on any atom is -0.396 e. The van der Waals surface area contributed by atoms with Gasteiger partial charge in [-0.25, -0.2) is 9.97 Å². The first kappa shape index (κ1) is 8.91. The molecule has 0 aromatic carbocycles. The van der Waals surface area contributed by atoms with E-state index in [0.29, 0.717) is 5.69 Å². The molecule has 3 heterocycles. The van der Waals surface area contributed by atoms with Crippen LogP contribution in [0, 0.1) is 11.8 Å². The molecule has 2 fully saturated rings. The molecule has 15 heavy (non-hydrogen) atoms. The van der Waals surface area contributed by atoms with E-state index in [2.05, 4.69) is 20.2 Å². The van der Waals surface area contributed by atoms with Gasteiger partial charge in [0.25, 0.3) is 0 Å². The zero-order valence-electron chi connectivity index (χ0n) is 8.56. The highest BCUT2D eigenvalue weighted by Gasteiger charge is 2.36. The Kier molecular flexibility index (Phi) is 1.98. The predicted molar refractivity (Wildman–Crippen MR) is 58.5 cm³/mol. The van der Waals surface area contributed by atoms with Crippen molar-refractivity contribution >= 4 is 11.6 Å². The minimum absolute atomic E-state index is 0.625. The standard InChI is InChI=1S/C10H15N5/c11-9-3-13-10(14-4-9)15-5-7-1-12-2-8(7)6-15/h3-4,7-8,12H,1-2,5-6,11H2. The van der Waals surface area contributed by atoms with Gasteiger partial charge in [0.05, 0.1) is 18.1 Å². The van der Waals surface area contributed by atoms with Crippen molar-refractivity contribution in [3.05, 3.63) is 12.4 Å². The summed E-state index contributed by atoms with van der Waals surface area (Å²) >= 11 is 0. The van der Waals surface area contributed by atoms with Crippen LogP contribution in [0.15, 0.2) is 12.4 Å². The van der Waals surface area contributed by atoms with Crippen LogP contribution in [0.25, 0.3) is 0 Å². The molecule has 2 aliphatic rings. The van der Waals surface area contributed by atoms with E-state index in [1.165, 1.54) is 0 Å². The second-order valence-corrected chi connectivity index (χ2v) is 4.40. The average Bonchev–Trinajstić information content (AvgIpc) is 2.78. The van der Waals surface area contributed by atoms with Gasteiger partial charge in [0.15, 0.2) is 0 Å². The highest BCUT2D eigenvalue weighted by molar-refractivity contribution is 5.39. The van der Waals surface area contributed by atoms with Crippen LogP contribution in [0.1, 0.15) is 0 Å². The largest absolute Gasteiger partial charge is 0.396 e. The van der Waals surface area contributed by atoms with Crippen molar-refractivity contribution in [2.75, 3.05) is 36.8 Å². The lowest BCUT2D eigenvalue weighted by molar-refractivity contribution is 0.533. The number of anilines is 2. The Morgan fingerprint density at radius 2 is 1.80 bits per heavy atom. The molecule has 1 aromatic heterocycles. The van der Waals surface area contributed by atoms with Crippen LogP contribution >= 0.6 is 0 Å². The minimum atomic E-state index is 0.625. The van der Waals surface area contributed by atoms with Crippen LogP contribution in [0.3, 0.4) is 0 Å². The molecular weight excluding hydrogens is 190 g/mol. The maximum absolute atomic E-state index is 5.56. The Bertz CT molecular complexity index is 337. The molecule has 0 bridgehead atoms. The van der Waals surface area contributed by atoms with Crippen LogP contribution in [0.5, 0.6) is 0 Å². The number of nitrogens with one attached hydrogen (secondary N) is 1. The van der Waals surface area contributed by atoms with Gasteiger partial charge in [-0.2, -0.15) is 0 Å². The van der Waals surface area contributed by atoms with E-state index in [4.69, 9.17) is 5.73 Å². The van der Waals surface area contributed by atoms with Crippen LogP contribution < -0.4 is 16.0 Å². The van der Waals surface area contributed by atoms with Gasteiger partial charge in [-0.1, -0.05) is 0 Å². The van der Waals surface area contributed by atoms with Crippen molar-refractivity contribution in [3.63, 3.8) is 0 Å². The quantitative estimate of drug-likeness (QED) is 0.659. The highest BCUT2D eigenvalue weighted by Crippen LogP contribution is 2.28. The predicted octanol–water partition coefficient (Wildman–Crippen LogP) is -0.286. The number of nitrogen functional groups attached to an aromatic ring is 1. The molecular formula is C10H15N5. The van der Waals surface area contributed by atoms with Crippen LogP contribution in [0.4, 0.5) is 11.6 Å². The summed E-state index contributed by atoms with van der Waals surface area (Å²) in [6.07, 6.45) is 3.35. The smallest absolute Gasteiger partial charge is 0.225 e. The molecule has 0 amide bonds. The molecule has 0 spiro atoms. The number of rotatable bonds is 1. The lowest BCUT2D eigenvalue weighted by Crippen LogP contribution is -2.26. The first-order valence-electron chi connectivity index (χ1n) is 5.36. The van der Waals surface area contributed by atoms with Gasteiger partial charge in [0.2, 0.25) is 5.95 Å². The van der Waals surface area contributed by atoms with Gasteiger partial charge in [0.1, 0.15) is 0 Å². The Morgan fingerprint density at radius 1 is 1.20 bits per heavy atom. The Morgan fingerprint density at radius 3 is 2.40 bits per heavy atom. The van der Waals surface area contributed by atoms with Gasteiger partial charge in [-0.3, -0.25) is 0 Å². The van der Waals surface area contributed by atoms with E-state index in [1.54, 1.807) is 12.4 Å². The van der Waals surface area contributed by atoms with Crippen molar-refractivity contribution in [3.8, 4) is 0 Å². The Balaban J connectivity index is 1.76. The molecule has 3 N–H and O–H groups in total. The third kappa shape index (κ3) is 1.52. The van der Waals surface area contributed by atoms with Crippen LogP contribution in [0.2, 0.25) is 0 Å². The fourth-order valence-electron chi connectivity index (χ4n) is 2.51. The van der Waals surface area contributed by atoms with E-state index in [1.807, 2.05) is 0 Å². The normalized spacial score (nSPS) is 29.5. The van der Waals surface area contributed by atoms with Gasteiger partial charge < -0.3 is 16.0 Å². The van der Waals surface area contributed by atoms with Crippen LogP contribution in [-0.2, 0) is 0 Å². The van der Waals surface area contributed by atoms with Crippen molar-refractivity contribution in [2.24, 2.45) is 11.8 Å². The number of nitrogens with two attached hydrogens (primary N) is 1. The molecule has 2 atom stereocenters. The molecule has 0 radical (unpaired) electrons. The number of aromatic nitrogens is 2. The highest BCUT2D eigenvalue weighted by atomic mass is 15.3. The van der Waals surface area contributed by atoms with E-state index in [9.17, 15) is 0 Å². The maximum atomic E-state index is 5.56. The van der Waals surface area contributed by atoms with Crippen molar-refractivity contribution in [1.82, 2.24) is 15.3 Å². The monoisotopic (exact) mass is 205 g/mol. The lowest BCUT2D eigenvalue weighted by Gasteiger charge is -2.16. The average molecular weight is 205 g/mol. The molecule has 5 nitrogen and oxygen atoms in total. The number of hydrogen-bond acceptors (Lipinski definition) is 5. The SMILES string of the molecule is Nc1cnc(N2CC3CNCC3C2)nc1. The van der Waals surface area contributed by atoms with Gasteiger partial charge in [-0.15, -0.1) is 0 Å². The zero-order valence-corrected chi connectivity index (χ0v) is 8.56. The second kappa shape index (κ2) is 3.34. The molecule has 2 saturated heterocycles. The molecule has 0 aliphatic carbocycles. The van der Waals surface area contributed by atoms with Crippen LogP contribution in [-0.4, -0.2) is 36.1 Å². The fourth-order valence-corrected chi connectivity index (χ4v) is 2.51. The second-order valence-electron chi connectivity index (χ2n) is 4.40. The topological polar surface area (TPSA) is 67.1 Å². The Hall–Kier alpha value is -1.36. The zero-order chi connectivity index (χ0) is 10.3. The summed E-state index contributed by atoms with van der Waals surface area (Å²) in [5, 5.41) is 3.42. The van der Waals surface area contributed by atoms with Crippen molar-refractivity contribution in [1.29, 1.82) is 0 Å². The first-order valence-corrected chi connectivity index (χ1v) is 5.36. The molecule has 1 aromatic rings. The molecule has 2 unspecified atom stereocenters. The summed E-state index contributed by atoms with van der Waals surface area (Å²) in [5.41, 5.74) is 6.19. The van der Waals surface area contributed by atoms with E-state index in [0.717, 1.165) is 44.0 Å². The van der Waals surface area contributed by atoms with E-state index in [-0.39, 0.29) is 0 Å². The van der Waals surface area contributed by atoms with Gasteiger partial charge in [0, 0.05) is 26.2 Å². The molecule has 80 valence electrons. The Labute approximate surface area is 88.7 Å². The summed E-state index contributed by atoms with van der Waals surface area (Å²) < 4.78 is 0. The van der Waals surface area contributed by atoms with Crippen molar-refractivity contribution in [2.45, 2.75) is 0 Å². The summed E-state index contributed by atoms with van der Waals surface area (Å²) in [5.74, 6) is 2.36. The maximum Gasteiger partial charge on any atom is 0.225 e. The molecule has 3 rings (SSSR count). The van der Waals surface area contributed by atoms with E-state index < -0.39 is 0 Å². The molecule has 2 aliphatic heterocycles. The summed E-state index contributed by atoms with van der Waals surface area (Å²) in [6.45, 7) is 4.41. The molecule has 0 saturated carbocycles. The summed E-state index contributed by atoms with van der Waals surface area (Å²) in [7, 11) is 0. The third-order valence-electron chi connectivity index (χ3n) is 3.33. The van der Waals surface area contributed by atoms with E-state index >= 15 is 0 Å². The number of fused-ring (bicyclic) bond motifs is 1. The van der Waals surface area contributed by atoms with Gasteiger partial charge >= 0.3 is 0 Å². The third-order valence-corrected chi connectivity index (χ3v) is 3.33. The van der Waals surface area contributed by atoms with Crippen molar-refractivity contribution < 1.29 is 0 Å². The fraction of sp³-hybridized carbons (Fsp3) is 0.600. The number of nitrogens with zero attached hydrogens (tertiary/aromatic N) is 3. The summed E-state index contributed by atoms with van der Waals surface area (Å²) in [4.78, 5) is 10.8. The molecule has 5 heteroatoms. The van der Waals surface area contributed by atoms with Gasteiger partial charge in [-0.05, 0) is 11.8 Å². The summed E-state index contributed by atoms with van der Waals surface area (Å²) in [6, 6.07) is 0. The number of hydrogen-bond donors (Lipinski definition) is 2.